The van der Waals surface area contributed by atoms with Gasteiger partial charge in [-0.2, -0.15) is 0 Å². The first-order valence-electron chi connectivity index (χ1n) is 21.5. The van der Waals surface area contributed by atoms with Gasteiger partial charge >= 0.3 is 0 Å². The zero-order chi connectivity index (χ0) is 41.7. The van der Waals surface area contributed by atoms with Crippen LogP contribution in [0.25, 0.3) is 93.9 Å². The molecule has 0 aliphatic rings. The van der Waals surface area contributed by atoms with Gasteiger partial charge in [-0.05, 0) is 93.5 Å². The second-order valence-corrected chi connectivity index (χ2v) is 16.1. The lowest BCUT2D eigenvalue weighted by atomic mass is 9.96. The van der Waals surface area contributed by atoms with Crippen molar-refractivity contribution in [1.82, 2.24) is 4.57 Å². The number of hydrogen-bond donors (Lipinski definition) is 0. The van der Waals surface area contributed by atoms with Crippen LogP contribution in [0.3, 0.4) is 0 Å². The largest absolute Gasteiger partial charge is 0.454 e. The van der Waals surface area contributed by atoms with Gasteiger partial charge in [0.2, 0.25) is 0 Å². The van der Waals surface area contributed by atoms with E-state index in [0.717, 1.165) is 72.4 Å². The maximum absolute atomic E-state index is 6.64. The lowest BCUT2D eigenvalue weighted by Crippen LogP contribution is -2.11. The molecule has 2 heterocycles. The fraction of sp³-hybridized carbons (Fsp3) is 0. The van der Waals surface area contributed by atoms with Crippen LogP contribution < -0.4 is 4.90 Å². The van der Waals surface area contributed by atoms with Crippen molar-refractivity contribution >= 4 is 60.8 Å². The van der Waals surface area contributed by atoms with Gasteiger partial charge in [-0.3, -0.25) is 0 Å². The number of anilines is 3. The molecule has 296 valence electrons. The third-order valence-electron chi connectivity index (χ3n) is 12.4. The Morgan fingerprint density at radius 1 is 0.333 bits per heavy atom. The highest BCUT2D eigenvalue weighted by Gasteiger charge is 2.23. The van der Waals surface area contributed by atoms with E-state index in [4.69, 9.17) is 4.42 Å². The molecule has 12 rings (SSSR count). The quantitative estimate of drug-likeness (QED) is 0.153. The number of furan rings is 1. The first-order chi connectivity index (χ1) is 31.3. The molecule has 0 aliphatic carbocycles. The molecule has 3 nitrogen and oxygen atoms in total. The summed E-state index contributed by atoms with van der Waals surface area (Å²) in [4.78, 5) is 2.41. The van der Waals surface area contributed by atoms with Crippen LogP contribution in [-0.2, 0) is 0 Å². The Balaban J connectivity index is 1.03. The molecule has 0 atom stereocenters. The van der Waals surface area contributed by atoms with E-state index >= 15 is 0 Å². The summed E-state index contributed by atoms with van der Waals surface area (Å²) >= 11 is 0. The Bertz CT molecular complexity index is 3600. The highest BCUT2D eigenvalue weighted by atomic mass is 16.3. The van der Waals surface area contributed by atoms with Crippen LogP contribution in [0.5, 0.6) is 0 Å². The van der Waals surface area contributed by atoms with Crippen molar-refractivity contribution in [3.63, 3.8) is 0 Å². The molecule has 2 aromatic heterocycles. The average molecular weight is 805 g/mol. The van der Waals surface area contributed by atoms with Gasteiger partial charge in [-0.25, -0.2) is 0 Å². The van der Waals surface area contributed by atoms with Crippen LogP contribution in [0.15, 0.2) is 247 Å². The predicted molar refractivity (Wildman–Crippen MR) is 264 cm³/mol. The van der Waals surface area contributed by atoms with Crippen LogP contribution >= 0.6 is 0 Å². The van der Waals surface area contributed by atoms with Crippen molar-refractivity contribution in [3.05, 3.63) is 243 Å². The van der Waals surface area contributed by atoms with Crippen LogP contribution in [0.4, 0.5) is 17.1 Å². The number of fused-ring (bicyclic) bond motifs is 6. The maximum atomic E-state index is 6.64. The molecular formula is C60H40N2O. The minimum Gasteiger partial charge on any atom is -0.454 e. The monoisotopic (exact) mass is 804 g/mol. The molecule has 0 aliphatic heterocycles. The maximum Gasteiger partial charge on any atom is 0.159 e. The predicted octanol–water partition coefficient (Wildman–Crippen LogP) is 16.8. The molecular weight excluding hydrogens is 765 g/mol. The molecule has 0 unspecified atom stereocenters. The molecule has 0 saturated carbocycles. The van der Waals surface area contributed by atoms with Crippen molar-refractivity contribution in [1.29, 1.82) is 0 Å². The number of hydrogen-bond acceptors (Lipinski definition) is 2. The summed E-state index contributed by atoms with van der Waals surface area (Å²) in [7, 11) is 0. The number of nitrogens with zero attached hydrogens (tertiary/aromatic N) is 2. The average Bonchev–Trinajstić information content (AvgIpc) is 3.92. The summed E-state index contributed by atoms with van der Waals surface area (Å²) in [6.45, 7) is 0. The second-order valence-electron chi connectivity index (χ2n) is 16.1. The summed E-state index contributed by atoms with van der Waals surface area (Å²) in [6.07, 6.45) is 0. The first-order valence-corrected chi connectivity index (χ1v) is 21.5. The molecule has 0 fully saturated rings. The van der Waals surface area contributed by atoms with Gasteiger partial charge in [0.25, 0.3) is 0 Å². The van der Waals surface area contributed by atoms with Crippen LogP contribution in [0.2, 0.25) is 0 Å². The molecule has 3 heteroatoms. The number of para-hydroxylation sites is 4. The molecule has 12 aromatic rings. The normalized spacial score (nSPS) is 11.5. The van der Waals surface area contributed by atoms with Crippen LogP contribution in [-0.4, -0.2) is 4.57 Å². The Labute approximate surface area is 366 Å². The van der Waals surface area contributed by atoms with Crippen LogP contribution in [0, 0.1) is 0 Å². The molecule has 0 N–H and O–H groups in total. The molecule has 0 spiro atoms. The fourth-order valence-electron chi connectivity index (χ4n) is 9.48. The van der Waals surface area contributed by atoms with Gasteiger partial charge in [0, 0.05) is 38.5 Å². The van der Waals surface area contributed by atoms with Crippen molar-refractivity contribution in [2.24, 2.45) is 0 Å². The van der Waals surface area contributed by atoms with Gasteiger partial charge in [0.1, 0.15) is 5.58 Å². The van der Waals surface area contributed by atoms with Crippen LogP contribution in [0.1, 0.15) is 0 Å². The van der Waals surface area contributed by atoms with E-state index in [-0.39, 0.29) is 0 Å². The van der Waals surface area contributed by atoms with E-state index in [1.807, 2.05) is 6.07 Å². The molecule has 0 radical (unpaired) electrons. The Hall–Kier alpha value is -8.40. The SMILES string of the molecule is c1ccc(-c2ccc(-c3ccc(N(c4cccc(-c5ccccc5)c4)c4ccccc4-c4cccc5c4c4ccccc4n5-c4cccc5c4oc4ccccc45)cc3)cc2)cc1. The highest BCUT2D eigenvalue weighted by Crippen LogP contribution is 2.47. The van der Waals surface area contributed by atoms with Crippen molar-refractivity contribution in [2.45, 2.75) is 0 Å². The summed E-state index contributed by atoms with van der Waals surface area (Å²) in [5.74, 6) is 0. The lowest BCUT2D eigenvalue weighted by Gasteiger charge is -2.28. The third kappa shape index (κ3) is 6.29. The van der Waals surface area contributed by atoms with Crippen molar-refractivity contribution < 1.29 is 4.42 Å². The standard InChI is InChI=1S/C60H40N2O/c1-3-16-41(17-4-1)43-32-34-44(35-33-43)45-36-38-47(39-37-45)61(48-21-13-20-46(40-48)42-18-5-2-6-19-42)54-27-10-7-22-49(54)51-25-14-29-56-59(51)53-24-8-11-28-55(53)62(56)57-30-15-26-52-50-23-9-12-31-58(50)63-60(52)57/h1-40H. The van der Waals surface area contributed by atoms with E-state index in [9.17, 15) is 0 Å². The third-order valence-corrected chi connectivity index (χ3v) is 12.4. The first kappa shape index (κ1) is 36.5. The Morgan fingerprint density at radius 3 is 1.62 bits per heavy atom. The summed E-state index contributed by atoms with van der Waals surface area (Å²) in [5.41, 5.74) is 17.7. The fourth-order valence-corrected chi connectivity index (χ4v) is 9.48. The van der Waals surface area contributed by atoms with Gasteiger partial charge in [0.05, 0.1) is 22.4 Å². The number of benzene rings is 10. The van der Waals surface area contributed by atoms with Crippen molar-refractivity contribution in [2.75, 3.05) is 4.90 Å². The van der Waals surface area contributed by atoms with E-state index in [1.165, 1.54) is 38.6 Å². The highest BCUT2D eigenvalue weighted by molar-refractivity contribution is 6.18. The second kappa shape index (κ2) is 15.3. The van der Waals surface area contributed by atoms with E-state index < -0.39 is 0 Å². The van der Waals surface area contributed by atoms with Gasteiger partial charge in [0.15, 0.2) is 5.58 Å². The molecule has 0 amide bonds. The molecule has 10 aromatic carbocycles. The lowest BCUT2D eigenvalue weighted by molar-refractivity contribution is 0.666. The summed E-state index contributed by atoms with van der Waals surface area (Å²) < 4.78 is 9.03. The van der Waals surface area contributed by atoms with E-state index in [0.29, 0.717) is 0 Å². The van der Waals surface area contributed by atoms with Crippen molar-refractivity contribution in [3.8, 4) is 50.2 Å². The Kier molecular flexibility index (Phi) is 8.83. The number of aromatic nitrogens is 1. The van der Waals surface area contributed by atoms with Gasteiger partial charge in [-0.1, -0.05) is 188 Å². The summed E-state index contributed by atoms with van der Waals surface area (Å²) in [5, 5.41) is 4.61. The molecule has 0 saturated heterocycles. The van der Waals surface area contributed by atoms with E-state index in [2.05, 4.69) is 246 Å². The minimum atomic E-state index is 0.882. The topological polar surface area (TPSA) is 21.3 Å². The zero-order valence-corrected chi connectivity index (χ0v) is 34.4. The zero-order valence-electron chi connectivity index (χ0n) is 34.4. The van der Waals surface area contributed by atoms with E-state index in [1.54, 1.807) is 0 Å². The van der Waals surface area contributed by atoms with Gasteiger partial charge < -0.3 is 13.9 Å². The molecule has 63 heavy (non-hydrogen) atoms. The minimum absolute atomic E-state index is 0.882. The molecule has 0 bridgehead atoms. The smallest absolute Gasteiger partial charge is 0.159 e. The summed E-state index contributed by atoms with van der Waals surface area (Å²) in [6, 6.07) is 87.1. The Morgan fingerprint density at radius 2 is 0.857 bits per heavy atom. The number of rotatable bonds is 8. The van der Waals surface area contributed by atoms with Gasteiger partial charge in [-0.15, -0.1) is 0 Å².